The predicted octanol–water partition coefficient (Wildman–Crippen LogP) is 4.59. The molecule has 2 aromatic carbocycles. The molecule has 23 heavy (non-hydrogen) atoms. The summed E-state index contributed by atoms with van der Waals surface area (Å²) in [6.45, 7) is -0.349. The van der Waals surface area contributed by atoms with Crippen LogP contribution in [0.3, 0.4) is 0 Å². The number of rotatable bonds is 3. The van der Waals surface area contributed by atoms with Gasteiger partial charge < -0.3 is 4.74 Å². The Kier molecular flexibility index (Phi) is 3.01. The number of aromatic nitrogens is 1. The average Bonchev–Trinajstić information content (AvgIpc) is 3.20. The summed E-state index contributed by atoms with van der Waals surface area (Å²) in [5.41, 5.74) is -2.04. The number of hydrogen-bond acceptors (Lipinski definition) is 3. The molecule has 4 rings (SSSR count). The number of fused-ring (bicyclic) bond motifs is 1. The van der Waals surface area contributed by atoms with Gasteiger partial charge >= 0.3 is 5.92 Å². The highest BCUT2D eigenvalue weighted by molar-refractivity contribution is 7.18. The van der Waals surface area contributed by atoms with E-state index in [9.17, 15) is 17.6 Å². The number of halogens is 4. The lowest BCUT2D eigenvalue weighted by Gasteiger charge is -2.22. The molecule has 1 unspecified atom stereocenters. The van der Waals surface area contributed by atoms with Gasteiger partial charge in [-0.1, -0.05) is 12.1 Å². The molecule has 0 bridgehead atoms. The number of benzene rings is 2. The molecule has 3 aromatic rings. The van der Waals surface area contributed by atoms with Crippen LogP contribution in [-0.4, -0.2) is 11.6 Å². The molecule has 0 N–H and O–H groups in total. The van der Waals surface area contributed by atoms with Crippen molar-refractivity contribution in [2.24, 2.45) is 0 Å². The van der Waals surface area contributed by atoms with Crippen molar-refractivity contribution < 1.29 is 22.3 Å². The van der Waals surface area contributed by atoms with Crippen LogP contribution in [0, 0.1) is 11.6 Å². The molecular formula is C16H9F4NOS. The Morgan fingerprint density at radius 2 is 1.87 bits per heavy atom. The first-order valence-electron chi connectivity index (χ1n) is 6.77. The maximum atomic E-state index is 15.0. The Balaban J connectivity index is 1.83. The first kappa shape index (κ1) is 14.6. The minimum Gasteiger partial charge on any atom is -0.357 e. The van der Waals surface area contributed by atoms with E-state index in [0.717, 1.165) is 23.5 Å². The van der Waals surface area contributed by atoms with E-state index in [1.54, 1.807) is 24.3 Å². The largest absolute Gasteiger partial charge is 0.357 e. The normalized spacial score (nSPS) is 20.9. The van der Waals surface area contributed by atoms with Crippen molar-refractivity contribution >= 4 is 21.6 Å². The van der Waals surface area contributed by atoms with Gasteiger partial charge in [-0.05, 0) is 24.3 Å². The van der Waals surface area contributed by atoms with E-state index < -0.39 is 28.2 Å². The van der Waals surface area contributed by atoms with Gasteiger partial charge in [-0.25, -0.2) is 13.8 Å². The molecule has 1 atom stereocenters. The summed E-state index contributed by atoms with van der Waals surface area (Å²) in [5.74, 6) is -5.40. The maximum Gasteiger partial charge on any atom is 0.333 e. The molecule has 0 amide bonds. The monoisotopic (exact) mass is 339 g/mol. The quantitative estimate of drug-likeness (QED) is 0.515. The summed E-state index contributed by atoms with van der Waals surface area (Å²) in [6, 6.07) is 9.26. The maximum absolute atomic E-state index is 15.0. The summed E-state index contributed by atoms with van der Waals surface area (Å²) < 4.78 is 62.5. The van der Waals surface area contributed by atoms with Gasteiger partial charge in [0.25, 0.3) is 0 Å². The highest BCUT2D eigenvalue weighted by Gasteiger charge is 2.68. The smallest absolute Gasteiger partial charge is 0.333 e. The number of ether oxygens (including phenoxy) is 1. The van der Waals surface area contributed by atoms with Crippen molar-refractivity contribution in [2.75, 3.05) is 6.61 Å². The fourth-order valence-corrected chi connectivity index (χ4v) is 3.58. The zero-order chi connectivity index (χ0) is 16.2. The lowest BCUT2D eigenvalue weighted by molar-refractivity contribution is -0.0865. The Hall–Kier alpha value is -1.99. The molecule has 118 valence electrons. The van der Waals surface area contributed by atoms with Crippen LogP contribution in [0.15, 0.2) is 42.5 Å². The molecule has 1 aliphatic rings. The van der Waals surface area contributed by atoms with Crippen LogP contribution in [0.4, 0.5) is 17.6 Å². The highest BCUT2D eigenvalue weighted by Crippen LogP contribution is 2.57. The first-order valence-corrected chi connectivity index (χ1v) is 7.59. The number of epoxide rings is 1. The zero-order valence-electron chi connectivity index (χ0n) is 11.5. The summed E-state index contributed by atoms with van der Waals surface area (Å²) in [4.78, 5) is 3.96. The molecule has 1 fully saturated rings. The number of thiazole rings is 1. The molecule has 7 heteroatoms. The Morgan fingerprint density at radius 3 is 2.52 bits per heavy atom. The van der Waals surface area contributed by atoms with Crippen molar-refractivity contribution in [2.45, 2.75) is 11.5 Å². The standard InChI is InChI=1S/C16H9F4NOS/c17-9-5-6-10(11(18)7-9)15(8-22-15)16(19,20)14-21-12-3-1-2-4-13(12)23-14/h1-7H,8H2. The SMILES string of the molecule is Fc1ccc(C2(C(F)(F)c3nc4ccccc4s3)CO2)c(F)c1. The molecule has 2 heterocycles. The third kappa shape index (κ3) is 2.07. The van der Waals surface area contributed by atoms with E-state index in [1.807, 2.05) is 0 Å². The van der Waals surface area contributed by atoms with Crippen molar-refractivity contribution in [3.63, 3.8) is 0 Å². The minimum absolute atomic E-state index is 0.349. The zero-order valence-corrected chi connectivity index (χ0v) is 12.3. The van der Waals surface area contributed by atoms with Crippen LogP contribution >= 0.6 is 11.3 Å². The lowest BCUT2D eigenvalue weighted by atomic mass is 9.92. The van der Waals surface area contributed by atoms with E-state index in [-0.39, 0.29) is 12.2 Å². The van der Waals surface area contributed by atoms with Gasteiger partial charge in [-0.2, -0.15) is 8.78 Å². The number of alkyl halides is 2. The highest BCUT2D eigenvalue weighted by atomic mass is 32.1. The number of nitrogens with zero attached hydrogens (tertiary/aromatic N) is 1. The average molecular weight is 339 g/mol. The van der Waals surface area contributed by atoms with Gasteiger partial charge in [0.05, 0.1) is 16.8 Å². The van der Waals surface area contributed by atoms with E-state index in [4.69, 9.17) is 4.74 Å². The van der Waals surface area contributed by atoms with Crippen LogP contribution in [0.2, 0.25) is 0 Å². The van der Waals surface area contributed by atoms with Gasteiger partial charge in [0.2, 0.25) is 0 Å². The van der Waals surface area contributed by atoms with Gasteiger partial charge in [0, 0.05) is 11.6 Å². The third-order valence-corrected chi connectivity index (χ3v) is 4.98. The number of para-hydroxylation sites is 1. The second-order valence-electron chi connectivity index (χ2n) is 5.30. The van der Waals surface area contributed by atoms with Crippen LogP contribution in [0.1, 0.15) is 10.6 Å². The van der Waals surface area contributed by atoms with E-state index in [2.05, 4.69) is 4.98 Å². The first-order chi connectivity index (χ1) is 10.9. The minimum atomic E-state index is -3.52. The van der Waals surface area contributed by atoms with Gasteiger partial charge in [-0.3, -0.25) is 0 Å². The molecule has 1 aromatic heterocycles. The van der Waals surface area contributed by atoms with E-state index in [1.165, 1.54) is 0 Å². The third-order valence-electron chi connectivity index (χ3n) is 3.87. The molecule has 0 radical (unpaired) electrons. The molecule has 0 aliphatic carbocycles. The molecule has 0 saturated carbocycles. The summed E-state index contributed by atoms with van der Waals surface area (Å²) in [7, 11) is 0. The van der Waals surface area contributed by atoms with Gasteiger partial charge in [0.15, 0.2) is 10.6 Å². The Bertz CT molecular complexity index is 871. The van der Waals surface area contributed by atoms with Crippen LogP contribution in [-0.2, 0) is 16.3 Å². The van der Waals surface area contributed by atoms with Gasteiger partial charge in [0.1, 0.15) is 11.6 Å². The Morgan fingerprint density at radius 1 is 1.13 bits per heavy atom. The van der Waals surface area contributed by atoms with E-state index in [0.29, 0.717) is 16.3 Å². The molecule has 0 spiro atoms. The van der Waals surface area contributed by atoms with Crippen LogP contribution in [0.5, 0.6) is 0 Å². The number of hydrogen-bond donors (Lipinski definition) is 0. The molecular weight excluding hydrogens is 330 g/mol. The molecule has 2 nitrogen and oxygen atoms in total. The summed E-state index contributed by atoms with van der Waals surface area (Å²) in [5, 5.41) is -0.445. The predicted molar refractivity (Wildman–Crippen MR) is 77.5 cm³/mol. The second-order valence-corrected chi connectivity index (χ2v) is 6.33. The molecule has 1 saturated heterocycles. The van der Waals surface area contributed by atoms with Gasteiger partial charge in [-0.15, -0.1) is 11.3 Å². The summed E-state index contributed by atoms with van der Waals surface area (Å²) >= 11 is 0.837. The fourth-order valence-electron chi connectivity index (χ4n) is 2.57. The topological polar surface area (TPSA) is 25.4 Å². The Labute approximate surface area is 132 Å². The van der Waals surface area contributed by atoms with E-state index >= 15 is 0 Å². The van der Waals surface area contributed by atoms with Crippen molar-refractivity contribution in [3.05, 3.63) is 64.7 Å². The van der Waals surface area contributed by atoms with Crippen molar-refractivity contribution in [1.82, 2.24) is 4.98 Å². The summed E-state index contributed by atoms with van der Waals surface area (Å²) in [6.07, 6.45) is 0. The lowest BCUT2D eigenvalue weighted by Crippen LogP contribution is -2.33. The fraction of sp³-hybridized carbons (Fsp3) is 0.188. The van der Waals surface area contributed by atoms with Crippen LogP contribution < -0.4 is 0 Å². The van der Waals surface area contributed by atoms with Crippen molar-refractivity contribution in [1.29, 1.82) is 0 Å². The van der Waals surface area contributed by atoms with Crippen molar-refractivity contribution in [3.8, 4) is 0 Å². The molecule has 1 aliphatic heterocycles. The second kappa shape index (κ2) is 4.75. The van der Waals surface area contributed by atoms with Crippen LogP contribution in [0.25, 0.3) is 10.2 Å².